The van der Waals surface area contributed by atoms with Gasteiger partial charge in [-0.1, -0.05) is 17.7 Å². The number of nitrogens with zero attached hydrogens (tertiary/aromatic N) is 2. The smallest absolute Gasteiger partial charge is 0.224 e. The molecule has 4 nitrogen and oxygen atoms in total. The van der Waals surface area contributed by atoms with Crippen LogP contribution in [-0.4, -0.2) is 62.0 Å². The number of rotatable bonds is 6. The highest BCUT2D eigenvalue weighted by molar-refractivity contribution is 6.31. The van der Waals surface area contributed by atoms with Crippen molar-refractivity contribution in [2.45, 2.75) is 12.8 Å². The lowest BCUT2D eigenvalue weighted by Crippen LogP contribution is -2.45. The van der Waals surface area contributed by atoms with Gasteiger partial charge in [-0.15, -0.1) is 0 Å². The van der Waals surface area contributed by atoms with Crippen LogP contribution in [0.2, 0.25) is 5.02 Å². The second-order valence-corrected chi connectivity index (χ2v) is 6.13. The molecule has 0 bridgehead atoms. The van der Waals surface area contributed by atoms with Crippen molar-refractivity contribution in [3.8, 4) is 0 Å². The molecule has 1 aromatic carbocycles. The van der Waals surface area contributed by atoms with Gasteiger partial charge in [-0.25, -0.2) is 4.39 Å². The van der Waals surface area contributed by atoms with Gasteiger partial charge >= 0.3 is 0 Å². The third-order valence-electron chi connectivity index (χ3n) is 3.97. The Hall–Kier alpha value is -1.17. The van der Waals surface area contributed by atoms with Crippen molar-refractivity contribution in [2.75, 3.05) is 46.3 Å². The molecule has 0 saturated carbocycles. The summed E-state index contributed by atoms with van der Waals surface area (Å²) in [5, 5.41) is 3.13. The molecule has 2 rings (SSSR count). The van der Waals surface area contributed by atoms with Crippen LogP contribution >= 0.6 is 11.6 Å². The van der Waals surface area contributed by atoms with Crippen LogP contribution in [0, 0.1) is 5.82 Å². The predicted octanol–water partition coefficient (Wildman–Crippen LogP) is 1.78. The van der Waals surface area contributed by atoms with E-state index >= 15 is 0 Å². The van der Waals surface area contributed by atoms with Crippen molar-refractivity contribution in [3.63, 3.8) is 0 Å². The molecule has 0 atom stereocenters. The summed E-state index contributed by atoms with van der Waals surface area (Å²) in [4.78, 5) is 16.6. The van der Waals surface area contributed by atoms with Gasteiger partial charge in [0.15, 0.2) is 0 Å². The summed E-state index contributed by atoms with van der Waals surface area (Å²) in [5.41, 5.74) is 0.265. The summed E-state index contributed by atoms with van der Waals surface area (Å²) < 4.78 is 13.6. The van der Waals surface area contributed by atoms with Gasteiger partial charge in [0.25, 0.3) is 0 Å². The Kier molecular flexibility index (Phi) is 6.61. The first kappa shape index (κ1) is 17.2. The van der Waals surface area contributed by atoms with Crippen molar-refractivity contribution < 1.29 is 9.18 Å². The molecule has 0 radical (unpaired) electrons. The van der Waals surface area contributed by atoms with E-state index < -0.39 is 5.82 Å². The van der Waals surface area contributed by atoms with E-state index in [0.29, 0.717) is 11.6 Å². The SMILES string of the molecule is CN1CCN(CCCNC(=O)Cc2c(F)cccc2Cl)CC1. The predicted molar refractivity (Wildman–Crippen MR) is 86.7 cm³/mol. The van der Waals surface area contributed by atoms with E-state index in [0.717, 1.165) is 39.1 Å². The fourth-order valence-corrected chi connectivity index (χ4v) is 2.76. The first-order valence-corrected chi connectivity index (χ1v) is 8.04. The summed E-state index contributed by atoms with van der Waals surface area (Å²) in [6, 6.07) is 4.46. The van der Waals surface area contributed by atoms with E-state index in [9.17, 15) is 9.18 Å². The molecule has 1 N–H and O–H groups in total. The average molecular weight is 328 g/mol. The number of hydrogen-bond donors (Lipinski definition) is 1. The maximum atomic E-state index is 13.6. The summed E-state index contributed by atoms with van der Waals surface area (Å²) in [6.45, 7) is 5.94. The maximum absolute atomic E-state index is 13.6. The molecular weight excluding hydrogens is 305 g/mol. The van der Waals surface area contributed by atoms with Crippen molar-refractivity contribution in [1.82, 2.24) is 15.1 Å². The molecule has 1 amide bonds. The quantitative estimate of drug-likeness (QED) is 0.809. The Morgan fingerprint density at radius 1 is 1.32 bits per heavy atom. The Morgan fingerprint density at radius 3 is 2.73 bits per heavy atom. The number of hydrogen-bond acceptors (Lipinski definition) is 3. The van der Waals surface area contributed by atoms with Crippen molar-refractivity contribution >= 4 is 17.5 Å². The van der Waals surface area contributed by atoms with Crippen molar-refractivity contribution in [1.29, 1.82) is 0 Å². The highest BCUT2D eigenvalue weighted by Crippen LogP contribution is 2.19. The van der Waals surface area contributed by atoms with Crippen LogP contribution in [0.4, 0.5) is 4.39 Å². The maximum Gasteiger partial charge on any atom is 0.224 e. The number of carbonyl (C=O) groups excluding carboxylic acids is 1. The molecule has 0 spiro atoms. The van der Waals surface area contributed by atoms with Gasteiger partial charge in [-0.2, -0.15) is 0 Å². The van der Waals surface area contributed by atoms with Gasteiger partial charge in [-0.05, 0) is 32.1 Å². The number of halogens is 2. The normalized spacial score (nSPS) is 16.7. The van der Waals surface area contributed by atoms with E-state index in [1.807, 2.05) is 0 Å². The minimum atomic E-state index is -0.430. The van der Waals surface area contributed by atoms with Gasteiger partial charge in [0.2, 0.25) is 5.91 Å². The number of likely N-dealkylation sites (N-methyl/N-ethyl adjacent to an activating group) is 1. The molecule has 6 heteroatoms. The fourth-order valence-electron chi connectivity index (χ4n) is 2.53. The Labute approximate surface area is 136 Å². The average Bonchev–Trinajstić information content (AvgIpc) is 2.49. The standard InChI is InChI=1S/C16H23ClFN3O/c1-20-8-10-21(11-9-20)7-3-6-19-16(22)12-13-14(17)4-2-5-15(13)18/h2,4-5H,3,6-12H2,1H3,(H,19,22). The largest absolute Gasteiger partial charge is 0.356 e. The van der Waals surface area contributed by atoms with E-state index in [1.54, 1.807) is 6.07 Å². The molecule has 1 aromatic rings. The van der Waals surface area contributed by atoms with Crippen LogP contribution in [0.5, 0.6) is 0 Å². The van der Waals surface area contributed by atoms with Gasteiger partial charge in [-0.3, -0.25) is 4.79 Å². The third kappa shape index (κ3) is 5.23. The molecule has 0 unspecified atom stereocenters. The molecule has 1 fully saturated rings. The van der Waals surface area contributed by atoms with E-state index in [1.165, 1.54) is 12.1 Å². The number of carbonyl (C=O) groups is 1. The van der Waals surface area contributed by atoms with Crippen LogP contribution in [0.1, 0.15) is 12.0 Å². The number of piperazine rings is 1. The second kappa shape index (κ2) is 8.46. The summed E-state index contributed by atoms with van der Waals surface area (Å²) in [6.07, 6.45) is 0.889. The molecule has 22 heavy (non-hydrogen) atoms. The molecule has 0 aliphatic carbocycles. The van der Waals surface area contributed by atoms with Crippen molar-refractivity contribution in [2.24, 2.45) is 0 Å². The lowest BCUT2D eigenvalue weighted by Gasteiger charge is -2.32. The molecule has 1 heterocycles. The van der Waals surface area contributed by atoms with Gasteiger partial charge in [0.1, 0.15) is 5.82 Å². The van der Waals surface area contributed by atoms with Crippen LogP contribution < -0.4 is 5.32 Å². The summed E-state index contributed by atoms with van der Waals surface area (Å²) >= 11 is 5.92. The van der Waals surface area contributed by atoms with E-state index in [4.69, 9.17) is 11.6 Å². The molecule has 1 saturated heterocycles. The van der Waals surface area contributed by atoms with Gasteiger partial charge in [0, 0.05) is 43.3 Å². The molecule has 122 valence electrons. The Balaban J connectivity index is 1.66. The highest BCUT2D eigenvalue weighted by atomic mass is 35.5. The zero-order valence-corrected chi connectivity index (χ0v) is 13.7. The minimum Gasteiger partial charge on any atom is -0.356 e. The molecule has 0 aromatic heterocycles. The number of amides is 1. The van der Waals surface area contributed by atoms with Crippen LogP contribution in [0.3, 0.4) is 0 Å². The van der Waals surface area contributed by atoms with Gasteiger partial charge in [0.05, 0.1) is 6.42 Å². The summed E-state index contributed by atoms with van der Waals surface area (Å²) in [7, 11) is 2.13. The molecular formula is C16H23ClFN3O. The van der Waals surface area contributed by atoms with E-state index in [-0.39, 0.29) is 17.9 Å². The zero-order valence-electron chi connectivity index (χ0n) is 12.9. The highest BCUT2D eigenvalue weighted by Gasteiger charge is 2.14. The monoisotopic (exact) mass is 327 g/mol. The Bertz CT molecular complexity index is 484. The van der Waals surface area contributed by atoms with Crippen LogP contribution in [-0.2, 0) is 11.2 Å². The first-order valence-electron chi connectivity index (χ1n) is 7.67. The van der Waals surface area contributed by atoms with Crippen LogP contribution in [0.15, 0.2) is 18.2 Å². The number of benzene rings is 1. The topological polar surface area (TPSA) is 35.6 Å². The third-order valence-corrected chi connectivity index (χ3v) is 4.32. The lowest BCUT2D eigenvalue weighted by atomic mass is 10.1. The van der Waals surface area contributed by atoms with E-state index in [2.05, 4.69) is 22.2 Å². The lowest BCUT2D eigenvalue weighted by molar-refractivity contribution is -0.120. The fraction of sp³-hybridized carbons (Fsp3) is 0.562. The number of nitrogens with one attached hydrogen (secondary N) is 1. The Morgan fingerprint density at radius 2 is 2.05 bits per heavy atom. The zero-order chi connectivity index (χ0) is 15.9. The first-order chi connectivity index (χ1) is 10.6. The summed E-state index contributed by atoms with van der Waals surface area (Å²) in [5.74, 6) is -0.620. The van der Waals surface area contributed by atoms with Crippen LogP contribution in [0.25, 0.3) is 0 Å². The van der Waals surface area contributed by atoms with Crippen molar-refractivity contribution in [3.05, 3.63) is 34.6 Å². The second-order valence-electron chi connectivity index (χ2n) is 5.73. The minimum absolute atomic E-state index is 0.0139. The molecule has 1 aliphatic rings. The molecule has 1 aliphatic heterocycles. The van der Waals surface area contributed by atoms with Gasteiger partial charge < -0.3 is 15.1 Å².